The number of hydrogen-bond acceptors (Lipinski definition) is 3. The lowest BCUT2D eigenvalue weighted by Gasteiger charge is -2.25. The molecule has 94 valence electrons. The molecule has 2 aromatic rings. The lowest BCUT2D eigenvalue weighted by molar-refractivity contribution is 0.0718. The standard InChI is InChI=1S/C13H15N3OS/c17-13(16-6-2-1-3-7-16)11-9-10(14-15-11)12-5-4-8-18-12/h4-5,8-9H,1-3,6-7H2,(H,14,15). The van der Waals surface area contributed by atoms with Crippen molar-refractivity contribution in [3.8, 4) is 10.6 Å². The van der Waals surface area contributed by atoms with Crippen molar-refractivity contribution in [2.24, 2.45) is 0 Å². The predicted molar refractivity (Wildman–Crippen MR) is 71.7 cm³/mol. The molecule has 0 spiro atoms. The van der Waals surface area contributed by atoms with Gasteiger partial charge in [-0.2, -0.15) is 5.10 Å². The van der Waals surface area contributed by atoms with Crippen LogP contribution in [0, 0.1) is 0 Å². The number of amides is 1. The molecule has 5 heteroatoms. The number of hydrogen-bond donors (Lipinski definition) is 1. The fourth-order valence-electron chi connectivity index (χ4n) is 2.25. The Balaban J connectivity index is 1.78. The summed E-state index contributed by atoms with van der Waals surface area (Å²) in [4.78, 5) is 15.2. The molecule has 18 heavy (non-hydrogen) atoms. The monoisotopic (exact) mass is 261 g/mol. The number of carbonyl (C=O) groups is 1. The second-order valence-corrected chi connectivity index (χ2v) is 5.44. The molecule has 1 aliphatic heterocycles. The van der Waals surface area contributed by atoms with Gasteiger partial charge in [-0.25, -0.2) is 0 Å². The van der Waals surface area contributed by atoms with Gasteiger partial charge >= 0.3 is 0 Å². The third-order valence-electron chi connectivity index (χ3n) is 3.23. The first-order chi connectivity index (χ1) is 8.84. The van der Waals surface area contributed by atoms with Gasteiger partial charge < -0.3 is 4.90 Å². The zero-order chi connectivity index (χ0) is 12.4. The number of piperidine rings is 1. The minimum Gasteiger partial charge on any atom is -0.337 e. The molecule has 0 bridgehead atoms. The topological polar surface area (TPSA) is 49.0 Å². The lowest BCUT2D eigenvalue weighted by Crippen LogP contribution is -2.35. The Bertz CT molecular complexity index is 526. The fraction of sp³-hybridized carbons (Fsp3) is 0.385. The van der Waals surface area contributed by atoms with Crippen molar-refractivity contribution in [3.05, 3.63) is 29.3 Å². The summed E-state index contributed by atoms with van der Waals surface area (Å²) < 4.78 is 0. The van der Waals surface area contributed by atoms with Crippen molar-refractivity contribution in [1.29, 1.82) is 0 Å². The Kier molecular flexibility index (Phi) is 3.15. The van der Waals surface area contributed by atoms with Gasteiger partial charge in [-0.05, 0) is 36.8 Å². The van der Waals surface area contributed by atoms with E-state index in [1.54, 1.807) is 11.3 Å². The van der Waals surface area contributed by atoms with E-state index in [2.05, 4.69) is 10.2 Å². The Morgan fingerprint density at radius 1 is 1.33 bits per heavy atom. The molecule has 0 aliphatic carbocycles. The molecule has 2 aromatic heterocycles. The highest BCUT2D eigenvalue weighted by Gasteiger charge is 2.20. The van der Waals surface area contributed by atoms with E-state index >= 15 is 0 Å². The van der Waals surface area contributed by atoms with E-state index in [-0.39, 0.29) is 5.91 Å². The molecule has 1 amide bonds. The maximum Gasteiger partial charge on any atom is 0.274 e. The van der Waals surface area contributed by atoms with Crippen LogP contribution in [0.4, 0.5) is 0 Å². The summed E-state index contributed by atoms with van der Waals surface area (Å²) in [7, 11) is 0. The Labute approximate surface area is 110 Å². The lowest BCUT2D eigenvalue weighted by atomic mass is 10.1. The van der Waals surface area contributed by atoms with Gasteiger partial charge in [0, 0.05) is 13.1 Å². The molecule has 3 rings (SSSR count). The van der Waals surface area contributed by atoms with Crippen molar-refractivity contribution in [2.45, 2.75) is 19.3 Å². The first kappa shape index (κ1) is 11.5. The summed E-state index contributed by atoms with van der Waals surface area (Å²) in [6.45, 7) is 1.72. The molecule has 0 radical (unpaired) electrons. The summed E-state index contributed by atoms with van der Waals surface area (Å²) >= 11 is 1.64. The SMILES string of the molecule is O=C(c1cc(-c2cccs2)[nH]n1)N1CCCCC1. The Morgan fingerprint density at radius 3 is 2.89 bits per heavy atom. The van der Waals surface area contributed by atoms with Gasteiger partial charge in [-0.15, -0.1) is 11.3 Å². The summed E-state index contributed by atoms with van der Waals surface area (Å²) in [6.07, 6.45) is 3.44. The predicted octanol–water partition coefficient (Wildman–Crippen LogP) is 2.76. The zero-order valence-electron chi connectivity index (χ0n) is 10.1. The Morgan fingerprint density at radius 2 is 2.17 bits per heavy atom. The normalized spacial score (nSPS) is 15.9. The minimum absolute atomic E-state index is 0.0498. The van der Waals surface area contributed by atoms with E-state index in [4.69, 9.17) is 0 Å². The first-order valence-electron chi connectivity index (χ1n) is 6.23. The van der Waals surface area contributed by atoms with E-state index in [0.717, 1.165) is 36.5 Å². The van der Waals surface area contributed by atoms with E-state index < -0.39 is 0 Å². The summed E-state index contributed by atoms with van der Waals surface area (Å²) in [5.74, 6) is 0.0498. The number of aromatic amines is 1. The molecular weight excluding hydrogens is 246 g/mol. The molecule has 0 atom stereocenters. The Hall–Kier alpha value is -1.62. The molecule has 3 heterocycles. The molecule has 0 saturated carbocycles. The van der Waals surface area contributed by atoms with E-state index in [1.807, 2.05) is 28.5 Å². The molecule has 1 aliphatic rings. The molecule has 0 unspecified atom stereocenters. The van der Waals surface area contributed by atoms with Gasteiger partial charge in [0.25, 0.3) is 5.91 Å². The largest absolute Gasteiger partial charge is 0.337 e. The maximum absolute atomic E-state index is 12.2. The van der Waals surface area contributed by atoms with Crippen LogP contribution >= 0.6 is 11.3 Å². The summed E-state index contributed by atoms with van der Waals surface area (Å²) in [6, 6.07) is 5.86. The summed E-state index contributed by atoms with van der Waals surface area (Å²) in [5.41, 5.74) is 1.45. The van der Waals surface area contributed by atoms with E-state index in [1.165, 1.54) is 6.42 Å². The third kappa shape index (κ3) is 2.18. The van der Waals surface area contributed by atoms with Gasteiger partial charge in [0.05, 0.1) is 10.6 Å². The minimum atomic E-state index is 0.0498. The van der Waals surface area contributed by atoms with Gasteiger partial charge in [-0.3, -0.25) is 9.89 Å². The highest BCUT2D eigenvalue weighted by atomic mass is 32.1. The quantitative estimate of drug-likeness (QED) is 0.903. The van der Waals surface area contributed by atoms with Gasteiger partial charge in [0.1, 0.15) is 0 Å². The van der Waals surface area contributed by atoms with E-state index in [9.17, 15) is 4.79 Å². The molecule has 0 aromatic carbocycles. The number of aromatic nitrogens is 2. The van der Waals surface area contributed by atoms with Crippen LogP contribution in [0.1, 0.15) is 29.8 Å². The van der Waals surface area contributed by atoms with Crippen LogP contribution in [-0.2, 0) is 0 Å². The summed E-state index contributed by atoms with van der Waals surface area (Å²) in [5, 5.41) is 9.09. The highest BCUT2D eigenvalue weighted by Crippen LogP contribution is 2.23. The zero-order valence-corrected chi connectivity index (χ0v) is 10.9. The maximum atomic E-state index is 12.2. The average Bonchev–Trinajstić information content (AvgIpc) is 3.09. The molecule has 4 nitrogen and oxygen atoms in total. The third-order valence-corrected chi connectivity index (χ3v) is 4.13. The van der Waals surface area contributed by atoms with Gasteiger partial charge in [0.15, 0.2) is 5.69 Å². The van der Waals surface area contributed by atoms with Crippen LogP contribution in [0.15, 0.2) is 23.6 Å². The fourth-order valence-corrected chi connectivity index (χ4v) is 2.94. The van der Waals surface area contributed by atoms with Crippen molar-refractivity contribution in [3.63, 3.8) is 0 Å². The van der Waals surface area contributed by atoms with Crippen LogP contribution < -0.4 is 0 Å². The average molecular weight is 261 g/mol. The van der Waals surface area contributed by atoms with Gasteiger partial charge in [0.2, 0.25) is 0 Å². The van der Waals surface area contributed by atoms with Crippen LogP contribution in [0.25, 0.3) is 10.6 Å². The number of likely N-dealkylation sites (tertiary alicyclic amines) is 1. The smallest absolute Gasteiger partial charge is 0.274 e. The van der Waals surface area contributed by atoms with Crippen LogP contribution in [0.3, 0.4) is 0 Å². The number of H-pyrrole nitrogens is 1. The number of nitrogens with one attached hydrogen (secondary N) is 1. The van der Waals surface area contributed by atoms with Crippen molar-refractivity contribution < 1.29 is 4.79 Å². The molecule has 1 N–H and O–H groups in total. The molecule has 1 fully saturated rings. The van der Waals surface area contributed by atoms with Crippen LogP contribution in [-0.4, -0.2) is 34.1 Å². The van der Waals surface area contributed by atoms with Crippen molar-refractivity contribution >= 4 is 17.2 Å². The van der Waals surface area contributed by atoms with Crippen LogP contribution in [0.5, 0.6) is 0 Å². The molecular formula is C13H15N3OS. The first-order valence-corrected chi connectivity index (χ1v) is 7.11. The number of carbonyl (C=O) groups excluding carboxylic acids is 1. The number of nitrogens with zero attached hydrogens (tertiary/aromatic N) is 2. The van der Waals surface area contributed by atoms with Crippen LogP contribution in [0.2, 0.25) is 0 Å². The number of thiophene rings is 1. The second-order valence-electron chi connectivity index (χ2n) is 4.50. The van der Waals surface area contributed by atoms with Crippen molar-refractivity contribution in [2.75, 3.05) is 13.1 Å². The van der Waals surface area contributed by atoms with E-state index in [0.29, 0.717) is 5.69 Å². The van der Waals surface area contributed by atoms with Crippen molar-refractivity contribution in [1.82, 2.24) is 15.1 Å². The molecule has 1 saturated heterocycles. The highest BCUT2D eigenvalue weighted by molar-refractivity contribution is 7.13. The number of rotatable bonds is 2. The second kappa shape index (κ2) is 4.94. The van der Waals surface area contributed by atoms with Gasteiger partial charge in [-0.1, -0.05) is 6.07 Å².